The molecule has 1 aliphatic rings. The van der Waals surface area contributed by atoms with Crippen LogP contribution in [0.25, 0.3) is 0 Å². The molecule has 2 heterocycles. The molecule has 0 spiro atoms. The van der Waals surface area contributed by atoms with E-state index in [0.717, 1.165) is 12.0 Å². The average Bonchev–Trinajstić information content (AvgIpc) is 2.49. The van der Waals surface area contributed by atoms with Crippen molar-refractivity contribution in [1.82, 2.24) is 9.29 Å². The van der Waals surface area contributed by atoms with Gasteiger partial charge in [-0.3, -0.25) is 4.72 Å². The van der Waals surface area contributed by atoms with Crippen molar-refractivity contribution < 1.29 is 8.42 Å². The standard InChI is InChI=1S/C14H14BrN3O2S/c15-14-13(6-3-8-16-14)17-21(19,20)18-9-7-11-4-1-2-5-12(11)10-18/h1-6,8,17H,7,9-10H2. The number of nitrogens with one attached hydrogen (secondary N) is 1. The number of nitrogens with zero attached hydrogens (tertiary/aromatic N) is 2. The van der Waals surface area contributed by atoms with Crippen LogP contribution in [0.3, 0.4) is 0 Å². The number of aromatic nitrogens is 1. The van der Waals surface area contributed by atoms with E-state index in [1.165, 1.54) is 9.87 Å². The molecule has 21 heavy (non-hydrogen) atoms. The van der Waals surface area contributed by atoms with Crippen molar-refractivity contribution in [2.24, 2.45) is 0 Å². The van der Waals surface area contributed by atoms with E-state index < -0.39 is 10.2 Å². The van der Waals surface area contributed by atoms with Gasteiger partial charge in [0.1, 0.15) is 4.60 Å². The van der Waals surface area contributed by atoms with Crippen molar-refractivity contribution in [3.05, 3.63) is 58.3 Å². The van der Waals surface area contributed by atoms with Gasteiger partial charge in [-0.1, -0.05) is 24.3 Å². The van der Waals surface area contributed by atoms with Gasteiger partial charge >= 0.3 is 10.2 Å². The van der Waals surface area contributed by atoms with Crippen LogP contribution in [0.15, 0.2) is 47.2 Å². The lowest BCUT2D eigenvalue weighted by atomic mass is 10.0. The Bertz CT molecular complexity index is 764. The highest BCUT2D eigenvalue weighted by atomic mass is 79.9. The molecule has 0 amide bonds. The number of benzene rings is 1. The molecule has 1 N–H and O–H groups in total. The largest absolute Gasteiger partial charge is 0.302 e. The topological polar surface area (TPSA) is 62.3 Å². The van der Waals surface area contributed by atoms with E-state index in [-0.39, 0.29) is 0 Å². The number of hydrogen-bond acceptors (Lipinski definition) is 3. The molecular formula is C14H14BrN3O2S. The van der Waals surface area contributed by atoms with Gasteiger partial charge in [0.25, 0.3) is 0 Å². The van der Waals surface area contributed by atoms with E-state index in [0.29, 0.717) is 23.4 Å². The summed E-state index contributed by atoms with van der Waals surface area (Å²) in [4.78, 5) is 4.02. The van der Waals surface area contributed by atoms with Crippen molar-refractivity contribution in [2.75, 3.05) is 11.3 Å². The minimum Gasteiger partial charge on any atom is -0.268 e. The fourth-order valence-electron chi connectivity index (χ4n) is 2.34. The highest BCUT2D eigenvalue weighted by Crippen LogP contribution is 2.24. The molecule has 5 nitrogen and oxygen atoms in total. The second-order valence-electron chi connectivity index (χ2n) is 4.80. The quantitative estimate of drug-likeness (QED) is 0.847. The molecule has 0 fully saturated rings. The number of hydrogen-bond donors (Lipinski definition) is 1. The van der Waals surface area contributed by atoms with E-state index in [9.17, 15) is 8.42 Å². The van der Waals surface area contributed by atoms with Gasteiger partial charge in [-0.15, -0.1) is 0 Å². The van der Waals surface area contributed by atoms with Crippen LogP contribution in [0.2, 0.25) is 0 Å². The van der Waals surface area contributed by atoms with Crippen LogP contribution in [-0.4, -0.2) is 24.3 Å². The lowest BCUT2D eigenvalue weighted by Gasteiger charge is -2.28. The summed E-state index contributed by atoms with van der Waals surface area (Å²) in [6.07, 6.45) is 2.32. The summed E-state index contributed by atoms with van der Waals surface area (Å²) in [6, 6.07) is 11.3. The van der Waals surface area contributed by atoms with Crippen LogP contribution < -0.4 is 4.72 Å². The third kappa shape index (κ3) is 3.09. The molecule has 2 aromatic rings. The van der Waals surface area contributed by atoms with Crippen LogP contribution in [0.1, 0.15) is 11.1 Å². The fourth-order valence-corrected chi connectivity index (χ4v) is 4.03. The Balaban J connectivity index is 1.82. The van der Waals surface area contributed by atoms with E-state index in [4.69, 9.17) is 0 Å². The predicted octanol–water partition coefficient (Wildman–Crippen LogP) is 2.56. The van der Waals surface area contributed by atoms with Gasteiger partial charge in [-0.2, -0.15) is 12.7 Å². The smallest absolute Gasteiger partial charge is 0.268 e. The first kappa shape index (κ1) is 14.5. The number of halogens is 1. The number of pyridine rings is 1. The second kappa shape index (κ2) is 5.75. The Morgan fingerprint density at radius 1 is 1.14 bits per heavy atom. The third-order valence-electron chi connectivity index (χ3n) is 3.43. The normalized spacial score (nSPS) is 15.5. The number of rotatable bonds is 3. The van der Waals surface area contributed by atoms with Crippen LogP contribution >= 0.6 is 15.9 Å². The Hall–Kier alpha value is -1.44. The molecule has 0 bridgehead atoms. The Labute approximate surface area is 132 Å². The first-order chi connectivity index (χ1) is 10.1. The summed E-state index contributed by atoms with van der Waals surface area (Å²) < 4.78 is 29.5. The lowest BCUT2D eigenvalue weighted by Crippen LogP contribution is -2.39. The molecule has 1 aliphatic heterocycles. The molecule has 0 saturated carbocycles. The number of anilines is 1. The van der Waals surface area contributed by atoms with Crippen molar-refractivity contribution in [2.45, 2.75) is 13.0 Å². The van der Waals surface area contributed by atoms with Crippen molar-refractivity contribution in [1.29, 1.82) is 0 Å². The summed E-state index contributed by atoms with van der Waals surface area (Å²) >= 11 is 3.24. The highest BCUT2D eigenvalue weighted by molar-refractivity contribution is 9.10. The lowest BCUT2D eigenvalue weighted by molar-refractivity contribution is 0.394. The molecule has 3 rings (SSSR count). The third-order valence-corrected chi connectivity index (χ3v) is 5.53. The molecule has 0 unspecified atom stereocenters. The zero-order valence-corrected chi connectivity index (χ0v) is 13.6. The van der Waals surface area contributed by atoms with Gasteiger partial charge in [-0.25, -0.2) is 4.98 Å². The Morgan fingerprint density at radius 3 is 2.67 bits per heavy atom. The molecule has 0 atom stereocenters. The van der Waals surface area contributed by atoms with E-state index in [2.05, 4.69) is 25.6 Å². The first-order valence-electron chi connectivity index (χ1n) is 6.51. The predicted molar refractivity (Wildman–Crippen MR) is 85.0 cm³/mol. The molecule has 1 aromatic carbocycles. The Morgan fingerprint density at radius 2 is 1.90 bits per heavy atom. The maximum Gasteiger partial charge on any atom is 0.302 e. The summed E-state index contributed by atoms with van der Waals surface area (Å²) in [5.74, 6) is 0. The zero-order chi connectivity index (χ0) is 14.9. The molecule has 110 valence electrons. The van der Waals surface area contributed by atoms with Gasteiger partial charge in [0.15, 0.2) is 0 Å². The molecule has 0 radical (unpaired) electrons. The second-order valence-corrected chi connectivity index (χ2v) is 7.22. The molecule has 7 heteroatoms. The van der Waals surface area contributed by atoms with Gasteiger partial charge in [0, 0.05) is 19.3 Å². The van der Waals surface area contributed by atoms with Crippen LogP contribution in [0, 0.1) is 0 Å². The molecule has 0 aliphatic carbocycles. The van der Waals surface area contributed by atoms with Crippen molar-refractivity contribution >= 4 is 31.8 Å². The average molecular weight is 368 g/mol. The first-order valence-corrected chi connectivity index (χ1v) is 8.75. The van der Waals surface area contributed by atoms with Crippen molar-refractivity contribution in [3.63, 3.8) is 0 Å². The molecule has 0 saturated heterocycles. The number of fused-ring (bicyclic) bond motifs is 1. The van der Waals surface area contributed by atoms with Gasteiger partial charge in [0.05, 0.1) is 5.69 Å². The van der Waals surface area contributed by atoms with Crippen LogP contribution in [-0.2, 0) is 23.2 Å². The molecule has 1 aromatic heterocycles. The van der Waals surface area contributed by atoms with Gasteiger partial charge in [-0.05, 0) is 45.6 Å². The summed E-state index contributed by atoms with van der Waals surface area (Å²) in [5.41, 5.74) is 2.71. The summed E-state index contributed by atoms with van der Waals surface area (Å²) in [5, 5.41) is 0. The van der Waals surface area contributed by atoms with Gasteiger partial charge in [0.2, 0.25) is 0 Å². The van der Waals surface area contributed by atoms with E-state index >= 15 is 0 Å². The monoisotopic (exact) mass is 367 g/mol. The van der Waals surface area contributed by atoms with Crippen LogP contribution in [0.4, 0.5) is 5.69 Å². The van der Waals surface area contributed by atoms with Crippen LogP contribution in [0.5, 0.6) is 0 Å². The van der Waals surface area contributed by atoms with E-state index in [1.807, 2.05) is 24.3 Å². The van der Waals surface area contributed by atoms with Crippen molar-refractivity contribution in [3.8, 4) is 0 Å². The van der Waals surface area contributed by atoms with E-state index in [1.54, 1.807) is 18.3 Å². The fraction of sp³-hybridized carbons (Fsp3) is 0.214. The Kier molecular flexibility index (Phi) is 3.97. The maximum atomic E-state index is 12.5. The minimum atomic E-state index is -3.59. The highest BCUT2D eigenvalue weighted by Gasteiger charge is 2.26. The minimum absolute atomic E-state index is 0.392. The summed E-state index contributed by atoms with van der Waals surface area (Å²) in [7, 11) is -3.59. The molecular weight excluding hydrogens is 354 g/mol. The van der Waals surface area contributed by atoms with Gasteiger partial charge < -0.3 is 0 Å². The summed E-state index contributed by atoms with van der Waals surface area (Å²) in [6.45, 7) is 0.869. The SMILES string of the molecule is O=S(=O)(Nc1cccnc1Br)N1CCc2ccccc2C1. The maximum absolute atomic E-state index is 12.5. The zero-order valence-electron chi connectivity index (χ0n) is 11.2.